The number of piperidine rings is 1. The number of aryl methyl sites for hydroxylation is 2. The zero-order valence-corrected chi connectivity index (χ0v) is 20.0. The first kappa shape index (κ1) is 22.0. The van der Waals surface area contributed by atoms with Gasteiger partial charge in [-0.3, -0.25) is 4.90 Å². The molecule has 31 heavy (non-hydrogen) atoms. The molecule has 2 atom stereocenters. The molecule has 1 fully saturated rings. The summed E-state index contributed by atoms with van der Waals surface area (Å²) in [5, 5.41) is 7.78. The molecule has 0 saturated carbocycles. The van der Waals surface area contributed by atoms with Crippen LogP contribution in [0.4, 0.5) is 11.4 Å². The number of anilines is 2. The minimum atomic E-state index is 0.0201. The molecule has 0 spiro atoms. The topological polar surface area (TPSA) is 27.3 Å². The molecule has 2 aliphatic rings. The summed E-state index contributed by atoms with van der Waals surface area (Å²) in [7, 11) is 0. The maximum atomic E-state index is 4.03. The van der Waals surface area contributed by atoms with Gasteiger partial charge in [0.2, 0.25) is 0 Å². The van der Waals surface area contributed by atoms with Gasteiger partial charge in [-0.15, -0.1) is 0 Å². The summed E-state index contributed by atoms with van der Waals surface area (Å²) in [4.78, 5) is 2.69. The lowest BCUT2D eigenvalue weighted by Gasteiger charge is -2.50. The molecule has 2 unspecified atom stereocenters. The van der Waals surface area contributed by atoms with Crippen LogP contribution in [-0.2, 0) is 6.42 Å². The van der Waals surface area contributed by atoms with Crippen molar-refractivity contribution in [1.29, 1.82) is 0 Å². The first-order valence-electron chi connectivity index (χ1n) is 11.9. The Hall–Kier alpha value is -2.26. The molecule has 2 N–H and O–H groups in total. The van der Waals surface area contributed by atoms with Gasteiger partial charge in [0.25, 0.3) is 0 Å². The van der Waals surface area contributed by atoms with E-state index < -0.39 is 0 Å². The maximum absolute atomic E-state index is 4.03. The highest BCUT2D eigenvalue weighted by Gasteiger charge is 2.39. The Balaban J connectivity index is 1.62. The van der Waals surface area contributed by atoms with Gasteiger partial charge in [0.05, 0.1) is 11.7 Å². The van der Waals surface area contributed by atoms with Crippen molar-refractivity contribution in [2.24, 2.45) is 5.41 Å². The van der Waals surface area contributed by atoms with Gasteiger partial charge in [-0.1, -0.05) is 62.4 Å². The van der Waals surface area contributed by atoms with Crippen LogP contribution in [0.1, 0.15) is 75.3 Å². The minimum absolute atomic E-state index is 0.0201. The minimum Gasteiger partial charge on any atom is -0.378 e. The average Bonchev–Trinajstić information content (AvgIpc) is 2.73. The van der Waals surface area contributed by atoms with E-state index in [1.54, 1.807) is 0 Å². The molecule has 0 bridgehead atoms. The molecule has 2 aromatic carbocycles. The van der Waals surface area contributed by atoms with Crippen LogP contribution in [0, 0.1) is 12.3 Å². The van der Waals surface area contributed by atoms with Crippen molar-refractivity contribution in [1.82, 2.24) is 4.90 Å². The van der Waals surface area contributed by atoms with Crippen molar-refractivity contribution in [3.05, 3.63) is 65.2 Å². The predicted molar refractivity (Wildman–Crippen MR) is 135 cm³/mol. The predicted octanol–water partition coefficient (Wildman–Crippen LogP) is 7.01. The first-order chi connectivity index (χ1) is 14.7. The summed E-state index contributed by atoms with van der Waals surface area (Å²) in [6, 6.07) is 13.3. The lowest BCUT2D eigenvalue weighted by molar-refractivity contribution is 0.0471. The zero-order chi connectivity index (χ0) is 22.2. The second-order valence-electron chi connectivity index (χ2n) is 10.6. The van der Waals surface area contributed by atoms with E-state index in [9.17, 15) is 0 Å². The molecular weight excluding hydrogens is 378 g/mol. The molecule has 4 rings (SSSR count). The van der Waals surface area contributed by atoms with Crippen LogP contribution in [0.2, 0.25) is 0 Å². The van der Waals surface area contributed by atoms with Gasteiger partial charge >= 0.3 is 0 Å². The monoisotopic (exact) mass is 417 g/mol. The smallest absolute Gasteiger partial charge is 0.0881 e. The fraction of sp³-hybridized carbons (Fsp3) is 0.500. The molecule has 0 aromatic heterocycles. The normalized spacial score (nSPS) is 24.0. The van der Waals surface area contributed by atoms with Crippen molar-refractivity contribution >= 4 is 17.5 Å². The van der Waals surface area contributed by atoms with E-state index in [4.69, 9.17) is 0 Å². The van der Waals surface area contributed by atoms with E-state index in [-0.39, 0.29) is 11.7 Å². The van der Waals surface area contributed by atoms with E-state index in [1.807, 2.05) is 6.08 Å². The molecule has 0 aliphatic carbocycles. The molecule has 2 aliphatic heterocycles. The average molecular weight is 418 g/mol. The number of benzene rings is 2. The molecule has 166 valence electrons. The van der Waals surface area contributed by atoms with Crippen molar-refractivity contribution in [3.8, 4) is 0 Å². The van der Waals surface area contributed by atoms with Crippen LogP contribution < -0.4 is 10.6 Å². The quantitative estimate of drug-likeness (QED) is 0.548. The lowest BCUT2D eigenvalue weighted by Crippen LogP contribution is -2.57. The summed E-state index contributed by atoms with van der Waals surface area (Å²) < 4.78 is 0. The Morgan fingerprint density at radius 2 is 1.81 bits per heavy atom. The third-order valence-corrected chi connectivity index (χ3v) is 7.50. The summed E-state index contributed by atoms with van der Waals surface area (Å²) in [5.41, 5.74) is 8.25. The Morgan fingerprint density at radius 1 is 1.10 bits per heavy atom. The molecule has 3 heteroatoms. The molecule has 1 saturated heterocycles. The van der Waals surface area contributed by atoms with Crippen LogP contribution in [0.5, 0.6) is 0 Å². The first-order valence-corrected chi connectivity index (χ1v) is 11.9. The van der Waals surface area contributed by atoms with E-state index in [0.29, 0.717) is 5.41 Å². The van der Waals surface area contributed by atoms with E-state index >= 15 is 0 Å². The summed E-state index contributed by atoms with van der Waals surface area (Å²) in [6.45, 7) is 18.0. The number of rotatable bonds is 5. The van der Waals surface area contributed by atoms with Gasteiger partial charge in [-0.25, -0.2) is 0 Å². The Labute approximate surface area is 188 Å². The standard InChI is InChI=1S/C28H39N3/c1-7-22-10-8-9-11-25(22)29-21(3)24-19-20(2)18-23-12-13-28(6,30-26(23)24)31-16-14-27(4,5)15-17-31/h7-11,18-19,21,29-30H,1,12-17H2,2-6H3. The van der Waals surface area contributed by atoms with Crippen LogP contribution >= 0.6 is 0 Å². The van der Waals surface area contributed by atoms with Gasteiger partial charge in [0.1, 0.15) is 0 Å². The maximum Gasteiger partial charge on any atom is 0.0881 e. The van der Waals surface area contributed by atoms with Crippen molar-refractivity contribution in [2.75, 3.05) is 23.7 Å². The third kappa shape index (κ3) is 4.52. The Morgan fingerprint density at radius 3 is 2.52 bits per heavy atom. The van der Waals surface area contributed by atoms with Crippen LogP contribution in [0.15, 0.2) is 43.0 Å². The fourth-order valence-electron chi connectivity index (χ4n) is 5.25. The SMILES string of the molecule is C=Cc1ccccc1NC(C)c1cc(C)cc2c1NC(C)(N1CCC(C)(C)CC1)CC2. The van der Waals surface area contributed by atoms with Crippen LogP contribution in [0.25, 0.3) is 6.08 Å². The second-order valence-corrected chi connectivity index (χ2v) is 10.6. The molecule has 0 radical (unpaired) electrons. The highest BCUT2D eigenvalue weighted by molar-refractivity contribution is 5.68. The van der Waals surface area contributed by atoms with Gasteiger partial charge in [0.15, 0.2) is 0 Å². The second kappa shape index (κ2) is 8.35. The summed E-state index contributed by atoms with van der Waals surface area (Å²) in [6.07, 6.45) is 6.75. The number of hydrogen-bond acceptors (Lipinski definition) is 3. The number of hydrogen-bond donors (Lipinski definition) is 2. The molecular formula is C28H39N3. The van der Waals surface area contributed by atoms with Gasteiger partial charge in [-0.05, 0) is 74.6 Å². The van der Waals surface area contributed by atoms with E-state index in [1.165, 1.54) is 48.3 Å². The Kier molecular flexibility index (Phi) is 5.91. The largest absolute Gasteiger partial charge is 0.378 e. The third-order valence-electron chi connectivity index (χ3n) is 7.50. The highest BCUT2D eigenvalue weighted by atomic mass is 15.3. The molecule has 3 nitrogen and oxygen atoms in total. The number of nitrogens with one attached hydrogen (secondary N) is 2. The van der Waals surface area contributed by atoms with Crippen molar-refractivity contribution in [2.45, 2.75) is 72.0 Å². The fourth-order valence-corrected chi connectivity index (χ4v) is 5.25. The number of para-hydroxylation sites is 1. The Bertz CT molecular complexity index is 951. The van der Waals surface area contributed by atoms with Crippen molar-refractivity contribution in [3.63, 3.8) is 0 Å². The summed E-state index contributed by atoms with van der Waals surface area (Å²) in [5.74, 6) is 0. The molecule has 2 aromatic rings. The van der Waals surface area contributed by atoms with Crippen LogP contribution in [-0.4, -0.2) is 23.7 Å². The van der Waals surface area contributed by atoms with E-state index in [2.05, 4.69) is 93.1 Å². The van der Waals surface area contributed by atoms with Crippen LogP contribution in [0.3, 0.4) is 0 Å². The number of likely N-dealkylation sites (tertiary alicyclic amines) is 1. The number of fused-ring (bicyclic) bond motifs is 1. The lowest BCUT2D eigenvalue weighted by atomic mass is 9.80. The molecule has 2 heterocycles. The van der Waals surface area contributed by atoms with Gasteiger partial charge in [-0.2, -0.15) is 0 Å². The summed E-state index contributed by atoms with van der Waals surface area (Å²) >= 11 is 0. The van der Waals surface area contributed by atoms with E-state index in [0.717, 1.165) is 24.1 Å². The highest BCUT2D eigenvalue weighted by Crippen LogP contribution is 2.41. The zero-order valence-electron chi connectivity index (χ0n) is 20.0. The van der Waals surface area contributed by atoms with Crippen molar-refractivity contribution < 1.29 is 0 Å². The molecule has 0 amide bonds. The van der Waals surface area contributed by atoms with Gasteiger partial charge in [0, 0.05) is 24.5 Å². The van der Waals surface area contributed by atoms with Gasteiger partial charge < -0.3 is 10.6 Å². The number of nitrogens with zero attached hydrogens (tertiary/aromatic N) is 1.